The molecule has 2 aromatic rings. The molecule has 1 aliphatic heterocycles. The molecule has 1 aromatic carbocycles. The molecule has 29 heavy (non-hydrogen) atoms. The summed E-state index contributed by atoms with van der Waals surface area (Å²) in [5, 5.41) is 2.69. The molecule has 2 atom stereocenters. The smallest absolute Gasteiger partial charge is 0.407 e. The summed E-state index contributed by atoms with van der Waals surface area (Å²) in [4.78, 5) is 35.3. The summed E-state index contributed by atoms with van der Waals surface area (Å²) in [6.45, 7) is 4.51. The minimum Gasteiger partial charge on any atom is -0.453 e. The van der Waals surface area contributed by atoms with Crippen molar-refractivity contribution in [2.75, 3.05) is 13.7 Å². The number of aromatic nitrogens is 2. The van der Waals surface area contributed by atoms with Gasteiger partial charge in [0, 0.05) is 17.8 Å². The summed E-state index contributed by atoms with van der Waals surface area (Å²) in [5.41, 5.74) is 4.65. The molecule has 0 radical (unpaired) electrons. The Labute approximate surface area is 170 Å². The van der Waals surface area contributed by atoms with Crippen molar-refractivity contribution < 1.29 is 14.3 Å². The number of nitrogens with zero attached hydrogens (tertiary/aromatic N) is 2. The SMILES string of the molecule is COC(=O)N[C@H](C(=O)N1CCC[C@H]1c1nc2c([nH]1)CCc1ccccc1-2)C(C)C. The Morgan fingerprint density at radius 1 is 1.28 bits per heavy atom. The third-order valence-electron chi connectivity index (χ3n) is 5.96. The van der Waals surface area contributed by atoms with Gasteiger partial charge in [-0.15, -0.1) is 0 Å². The lowest BCUT2D eigenvalue weighted by Crippen LogP contribution is -2.51. The van der Waals surface area contributed by atoms with Crippen LogP contribution >= 0.6 is 0 Å². The van der Waals surface area contributed by atoms with Crippen molar-refractivity contribution in [2.24, 2.45) is 5.92 Å². The van der Waals surface area contributed by atoms with Gasteiger partial charge in [-0.3, -0.25) is 4.79 Å². The molecule has 0 spiro atoms. The van der Waals surface area contributed by atoms with E-state index in [1.54, 1.807) is 0 Å². The number of hydrogen-bond acceptors (Lipinski definition) is 4. The highest BCUT2D eigenvalue weighted by Crippen LogP contribution is 2.37. The van der Waals surface area contributed by atoms with Gasteiger partial charge < -0.3 is 19.9 Å². The van der Waals surface area contributed by atoms with E-state index in [0.717, 1.165) is 42.9 Å². The van der Waals surface area contributed by atoms with Crippen LogP contribution in [0, 0.1) is 5.92 Å². The number of nitrogens with one attached hydrogen (secondary N) is 2. The molecule has 2 N–H and O–H groups in total. The van der Waals surface area contributed by atoms with Gasteiger partial charge in [0.2, 0.25) is 5.91 Å². The van der Waals surface area contributed by atoms with Gasteiger partial charge >= 0.3 is 6.09 Å². The van der Waals surface area contributed by atoms with Crippen LogP contribution in [0.25, 0.3) is 11.3 Å². The number of aryl methyl sites for hydroxylation is 2. The first-order valence-electron chi connectivity index (χ1n) is 10.3. The average Bonchev–Trinajstić information content (AvgIpc) is 3.37. The molecule has 2 aliphatic rings. The molecule has 1 aliphatic carbocycles. The number of benzene rings is 1. The first-order valence-corrected chi connectivity index (χ1v) is 10.3. The number of H-pyrrole nitrogens is 1. The highest BCUT2D eigenvalue weighted by molar-refractivity contribution is 5.86. The van der Waals surface area contributed by atoms with Gasteiger partial charge in [0.1, 0.15) is 11.9 Å². The molecule has 0 saturated carbocycles. The molecule has 0 unspecified atom stereocenters. The van der Waals surface area contributed by atoms with Crippen molar-refractivity contribution in [1.82, 2.24) is 20.2 Å². The quantitative estimate of drug-likeness (QED) is 0.831. The van der Waals surface area contributed by atoms with E-state index in [2.05, 4.69) is 28.5 Å². The molecule has 0 bridgehead atoms. The van der Waals surface area contributed by atoms with Crippen LogP contribution in [0.5, 0.6) is 0 Å². The highest BCUT2D eigenvalue weighted by atomic mass is 16.5. The zero-order valence-corrected chi connectivity index (χ0v) is 17.2. The summed E-state index contributed by atoms with van der Waals surface area (Å²) in [6.07, 6.45) is 3.12. The Kier molecular flexibility index (Phi) is 5.30. The van der Waals surface area contributed by atoms with E-state index in [0.29, 0.717) is 6.54 Å². The summed E-state index contributed by atoms with van der Waals surface area (Å²) in [7, 11) is 1.31. The molecule has 1 saturated heterocycles. The minimum absolute atomic E-state index is 0.0421. The molecule has 1 fully saturated rings. The van der Waals surface area contributed by atoms with Crippen LogP contribution in [0.1, 0.15) is 49.8 Å². The number of likely N-dealkylation sites (tertiary alicyclic amines) is 1. The van der Waals surface area contributed by atoms with Gasteiger partial charge in [-0.1, -0.05) is 38.1 Å². The monoisotopic (exact) mass is 396 g/mol. The van der Waals surface area contributed by atoms with Gasteiger partial charge in [-0.05, 0) is 37.2 Å². The number of ether oxygens (including phenoxy) is 1. The van der Waals surface area contributed by atoms with Crippen LogP contribution in [0.4, 0.5) is 4.79 Å². The second-order valence-electron chi connectivity index (χ2n) is 8.15. The molecule has 1 aromatic heterocycles. The van der Waals surface area contributed by atoms with Crippen molar-refractivity contribution >= 4 is 12.0 Å². The number of imidazole rings is 1. The zero-order valence-electron chi connectivity index (χ0n) is 17.2. The Bertz CT molecular complexity index is 921. The first-order chi connectivity index (χ1) is 14.0. The van der Waals surface area contributed by atoms with Crippen LogP contribution in [-0.4, -0.2) is 46.6 Å². The van der Waals surface area contributed by atoms with E-state index in [4.69, 9.17) is 9.72 Å². The average molecular weight is 396 g/mol. The third-order valence-corrected chi connectivity index (χ3v) is 5.96. The van der Waals surface area contributed by atoms with Gasteiger partial charge in [0.15, 0.2) is 0 Å². The van der Waals surface area contributed by atoms with Crippen molar-refractivity contribution in [1.29, 1.82) is 0 Å². The van der Waals surface area contributed by atoms with Crippen molar-refractivity contribution in [3.63, 3.8) is 0 Å². The van der Waals surface area contributed by atoms with E-state index in [1.165, 1.54) is 18.2 Å². The highest BCUT2D eigenvalue weighted by Gasteiger charge is 2.38. The van der Waals surface area contributed by atoms with Gasteiger partial charge in [0.25, 0.3) is 0 Å². The molecule has 2 amide bonds. The number of rotatable bonds is 4. The lowest BCUT2D eigenvalue weighted by atomic mass is 9.93. The standard InChI is InChI=1S/C22H28N4O3/c1-13(2)18(25-22(28)29-3)21(27)26-12-6-9-17(26)20-23-16-11-10-14-7-4-5-8-15(14)19(16)24-20/h4-5,7-8,13,17-18H,6,9-12H2,1-3H3,(H,23,24)(H,25,28)/t17-,18-/m0/s1. The Morgan fingerprint density at radius 3 is 2.83 bits per heavy atom. The molecule has 154 valence electrons. The summed E-state index contributed by atoms with van der Waals surface area (Å²) < 4.78 is 4.70. The van der Waals surface area contributed by atoms with E-state index < -0.39 is 12.1 Å². The summed E-state index contributed by atoms with van der Waals surface area (Å²) >= 11 is 0. The number of aromatic amines is 1. The Morgan fingerprint density at radius 2 is 2.07 bits per heavy atom. The third kappa shape index (κ3) is 3.61. The van der Waals surface area contributed by atoms with E-state index in [9.17, 15) is 9.59 Å². The second-order valence-corrected chi connectivity index (χ2v) is 8.15. The number of alkyl carbamates (subject to hydrolysis) is 1. The fourth-order valence-corrected chi connectivity index (χ4v) is 4.41. The predicted octanol–water partition coefficient (Wildman–Crippen LogP) is 3.22. The zero-order chi connectivity index (χ0) is 20.5. The van der Waals surface area contributed by atoms with E-state index in [-0.39, 0.29) is 17.9 Å². The van der Waals surface area contributed by atoms with Crippen molar-refractivity contribution in [3.05, 3.63) is 41.3 Å². The number of amides is 2. The van der Waals surface area contributed by atoms with E-state index >= 15 is 0 Å². The fraction of sp³-hybridized carbons (Fsp3) is 0.500. The Balaban J connectivity index is 1.60. The topological polar surface area (TPSA) is 87.3 Å². The van der Waals surface area contributed by atoms with Crippen LogP contribution < -0.4 is 5.32 Å². The fourth-order valence-electron chi connectivity index (χ4n) is 4.41. The molecule has 4 rings (SSSR count). The summed E-state index contributed by atoms with van der Waals surface area (Å²) in [5.74, 6) is 0.723. The molecule has 7 nitrogen and oxygen atoms in total. The lowest BCUT2D eigenvalue weighted by molar-refractivity contribution is -0.135. The summed E-state index contributed by atoms with van der Waals surface area (Å²) in [6, 6.07) is 7.66. The maximum absolute atomic E-state index is 13.3. The Hall–Kier alpha value is -2.83. The number of fused-ring (bicyclic) bond motifs is 3. The first kappa shape index (κ1) is 19.5. The van der Waals surface area contributed by atoms with Gasteiger partial charge in [-0.25, -0.2) is 9.78 Å². The lowest BCUT2D eigenvalue weighted by Gasteiger charge is -2.30. The normalized spacial score (nSPS) is 18.9. The maximum atomic E-state index is 13.3. The molecular formula is C22H28N4O3. The number of methoxy groups -OCH3 is 1. The van der Waals surface area contributed by atoms with Crippen molar-refractivity contribution in [2.45, 2.75) is 51.6 Å². The van der Waals surface area contributed by atoms with Crippen LogP contribution in [0.15, 0.2) is 24.3 Å². The second kappa shape index (κ2) is 7.89. The number of carbonyl (C=O) groups is 2. The minimum atomic E-state index is -0.617. The molecule has 2 heterocycles. The van der Waals surface area contributed by atoms with Crippen LogP contribution in [0.3, 0.4) is 0 Å². The number of hydrogen-bond donors (Lipinski definition) is 2. The number of carbonyl (C=O) groups excluding carboxylic acids is 2. The molecular weight excluding hydrogens is 368 g/mol. The predicted molar refractivity (Wildman–Crippen MR) is 109 cm³/mol. The van der Waals surface area contributed by atoms with Crippen molar-refractivity contribution in [3.8, 4) is 11.3 Å². The van der Waals surface area contributed by atoms with E-state index in [1.807, 2.05) is 24.8 Å². The van der Waals surface area contributed by atoms with Gasteiger partial charge in [-0.2, -0.15) is 0 Å². The van der Waals surface area contributed by atoms with Gasteiger partial charge in [0.05, 0.1) is 18.8 Å². The molecule has 7 heteroatoms. The van der Waals surface area contributed by atoms with Crippen LogP contribution in [-0.2, 0) is 22.4 Å². The van der Waals surface area contributed by atoms with Crippen LogP contribution in [0.2, 0.25) is 0 Å². The largest absolute Gasteiger partial charge is 0.453 e. The maximum Gasteiger partial charge on any atom is 0.407 e.